The van der Waals surface area contributed by atoms with Crippen molar-refractivity contribution in [2.24, 2.45) is 35.3 Å². The molecule has 0 amide bonds. The standard InChI is InChI=1S/C37H59N3O7/c1-4-24-14-15-30(39-5-2)29(19-24)31(11-8-18-41)46-35(45)37-34(44)28-10-7-6-9-27(28)33(43)36(37,47-37)21-26(22-42)23(3)12-13-25-16-17-40-32(38)20-25/h14-15,24-25,27-32,39-42H,4-13,16-22,38H2,1-3H3/t24-,25?,27?,28?,29+,30+,31-,32?,36-,37-/m0/s1. The van der Waals surface area contributed by atoms with Crippen LogP contribution in [-0.4, -0.2) is 83.6 Å². The summed E-state index contributed by atoms with van der Waals surface area (Å²) < 4.78 is 12.7. The second kappa shape index (κ2) is 15.7. The minimum absolute atomic E-state index is 0.00929. The molecular weight excluding hydrogens is 598 g/mol. The van der Waals surface area contributed by atoms with Crippen LogP contribution in [0.5, 0.6) is 0 Å². The first kappa shape index (κ1) is 36.3. The third kappa shape index (κ3) is 7.19. The van der Waals surface area contributed by atoms with Gasteiger partial charge < -0.3 is 36.1 Å². The Morgan fingerprint density at radius 1 is 1.13 bits per heavy atom. The number of likely N-dealkylation sites (N-methyl/N-ethyl adjacent to an activating group) is 1. The molecule has 2 saturated carbocycles. The quantitative estimate of drug-likeness (QED) is 0.0763. The topological polar surface area (TPSA) is 164 Å². The Kier molecular flexibility index (Phi) is 12.2. The molecule has 264 valence electrons. The van der Waals surface area contributed by atoms with E-state index < -0.39 is 35.1 Å². The highest BCUT2D eigenvalue weighted by atomic mass is 16.7. The lowest BCUT2D eigenvalue weighted by Gasteiger charge is -2.39. The summed E-state index contributed by atoms with van der Waals surface area (Å²) in [5, 5.41) is 27.1. The highest BCUT2D eigenvalue weighted by Crippen LogP contribution is 2.62. The third-order valence-corrected chi connectivity index (χ3v) is 12.0. The van der Waals surface area contributed by atoms with E-state index in [0.29, 0.717) is 43.1 Å². The zero-order valence-electron chi connectivity index (χ0n) is 28.8. The Labute approximate surface area is 280 Å². The van der Waals surface area contributed by atoms with Crippen LogP contribution in [0, 0.1) is 29.6 Å². The van der Waals surface area contributed by atoms with E-state index in [1.54, 1.807) is 0 Å². The van der Waals surface area contributed by atoms with Crippen molar-refractivity contribution in [1.82, 2.24) is 10.6 Å². The number of nitrogens with one attached hydrogen (secondary N) is 2. The van der Waals surface area contributed by atoms with Crippen molar-refractivity contribution in [3.63, 3.8) is 0 Å². The van der Waals surface area contributed by atoms with Gasteiger partial charge in [-0.15, -0.1) is 0 Å². The summed E-state index contributed by atoms with van der Waals surface area (Å²) in [5.74, 6) is -1.58. The molecule has 0 bridgehead atoms. The number of hydrogen-bond donors (Lipinski definition) is 5. The van der Waals surface area contributed by atoms with Crippen molar-refractivity contribution in [2.75, 3.05) is 26.3 Å². The summed E-state index contributed by atoms with van der Waals surface area (Å²) in [6.45, 7) is 7.46. The van der Waals surface area contributed by atoms with Crippen molar-refractivity contribution < 1.29 is 34.1 Å². The first-order valence-electron chi connectivity index (χ1n) is 18.4. The highest BCUT2D eigenvalue weighted by Gasteiger charge is 2.87. The number of Topliss-reactive ketones (excluding diaryl/α,β-unsaturated/α-hetero) is 2. The third-order valence-electron chi connectivity index (χ3n) is 12.0. The van der Waals surface area contributed by atoms with E-state index in [-0.39, 0.29) is 49.3 Å². The molecule has 4 unspecified atom stereocenters. The fraction of sp³-hybridized carbons (Fsp3) is 0.811. The predicted molar refractivity (Wildman–Crippen MR) is 179 cm³/mol. The van der Waals surface area contributed by atoms with Crippen LogP contribution in [0.1, 0.15) is 104 Å². The number of aliphatic hydroxyl groups excluding tert-OH is 2. The van der Waals surface area contributed by atoms with Gasteiger partial charge in [-0.25, -0.2) is 4.79 Å². The van der Waals surface area contributed by atoms with Gasteiger partial charge in [-0.05, 0) is 102 Å². The zero-order chi connectivity index (χ0) is 33.8. The van der Waals surface area contributed by atoms with Gasteiger partial charge in [0.1, 0.15) is 6.10 Å². The minimum Gasteiger partial charge on any atom is -0.459 e. The zero-order valence-corrected chi connectivity index (χ0v) is 28.8. The van der Waals surface area contributed by atoms with Gasteiger partial charge in [-0.3, -0.25) is 9.59 Å². The molecule has 10 nitrogen and oxygen atoms in total. The van der Waals surface area contributed by atoms with Crippen LogP contribution in [0.4, 0.5) is 0 Å². The highest BCUT2D eigenvalue weighted by molar-refractivity contribution is 6.23. The van der Waals surface area contributed by atoms with E-state index in [4.69, 9.17) is 15.2 Å². The van der Waals surface area contributed by atoms with Gasteiger partial charge in [-0.2, -0.15) is 0 Å². The van der Waals surface area contributed by atoms with Crippen LogP contribution in [0.3, 0.4) is 0 Å². The molecule has 0 aromatic carbocycles. The average molecular weight is 658 g/mol. The van der Waals surface area contributed by atoms with Crippen molar-refractivity contribution >= 4 is 17.5 Å². The van der Waals surface area contributed by atoms with Gasteiger partial charge in [0.15, 0.2) is 17.2 Å². The summed E-state index contributed by atoms with van der Waals surface area (Å²) in [6, 6.07) is -0.0193. The summed E-state index contributed by atoms with van der Waals surface area (Å²) in [6.07, 6.45) is 12.9. The number of ketones is 2. The minimum atomic E-state index is -2.00. The predicted octanol–water partition coefficient (Wildman–Crippen LogP) is 3.48. The van der Waals surface area contributed by atoms with Gasteiger partial charge in [0.25, 0.3) is 5.60 Å². The van der Waals surface area contributed by atoms with Crippen molar-refractivity contribution in [1.29, 1.82) is 0 Å². The van der Waals surface area contributed by atoms with Gasteiger partial charge >= 0.3 is 5.97 Å². The van der Waals surface area contributed by atoms with Crippen LogP contribution in [-0.2, 0) is 23.9 Å². The van der Waals surface area contributed by atoms with Crippen molar-refractivity contribution in [3.8, 4) is 0 Å². The fourth-order valence-electron chi connectivity index (χ4n) is 9.13. The monoisotopic (exact) mass is 657 g/mol. The number of allylic oxidation sites excluding steroid dienone is 2. The van der Waals surface area contributed by atoms with Gasteiger partial charge in [0.05, 0.1) is 12.8 Å². The number of nitrogens with two attached hydrogens (primary N) is 1. The largest absolute Gasteiger partial charge is 0.459 e. The maximum Gasteiger partial charge on any atom is 0.350 e. The maximum atomic E-state index is 14.5. The van der Waals surface area contributed by atoms with Crippen LogP contribution < -0.4 is 16.4 Å². The van der Waals surface area contributed by atoms with Crippen LogP contribution >= 0.6 is 0 Å². The second-order valence-corrected chi connectivity index (χ2v) is 14.9. The van der Waals surface area contributed by atoms with Crippen molar-refractivity contribution in [2.45, 2.75) is 134 Å². The number of epoxide rings is 1. The average Bonchev–Trinajstić information content (AvgIpc) is 3.79. The number of fused-ring (bicyclic) bond motifs is 2. The number of rotatable bonds is 15. The number of aliphatic hydroxyl groups is 2. The normalized spacial score (nSPS) is 37.9. The molecule has 3 aliphatic carbocycles. The first-order valence-corrected chi connectivity index (χ1v) is 18.4. The lowest BCUT2D eigenvalue weighted by atomic mass is 9.60. The molecule has 10 atom stereocenters. The summed E-state index contributed by atoms with van der Waals surface area (Å²) in [5.41, 5.74) is 4.09. The van der Waals surface area contributed by atoms with Crippen LogP contribution in [0.25, 0.3) is 0 Å². The van der Waals surface area contributed by atoms with Gasteiger partial charge in [0.2, 0.25) is 0 Å². The lowest BCUT2D eigenvalue weighted by molar-refractivity contribution is -0.166. The number of carbonyl (C=O) groups excluding carboxylic acids is 3. The van der Waals surface area contributed by atoms with E-state index in [0.717, 1.165) is 70.0 Å². The Bertz CT molecular complexity index is 1200. The Morgan fingerprint density at radius 2 is 1.87 bits per heavy atom. The van der Waals surface area contributed by atoms with Crippen LogP contribution in [0.15, 0.2) is 23.3 Å². The van der Waals surface area contributed by atoms with E-state index in [1.807, 2.05) is 13.8 Å². The summed E-state index contributed by atoms with van der Waals surface area (Å²) in [7, 11) is 0. The number of esters is 1. The Balaban J connectivity index is 1.43. The molecular formula is C37H59N3O7. The van der Waals surface area contributed by atoms with E-state index in [9.17, 15) is 24.6 Å². The Morgan fingerprint density at radius 3 is 2.53 bits per heavy atom. The summed E-state index contributed by atoms with van der Waals surface area (Å²) in [4.78, 5) is 43.3. The van der Waals surface area contributed by atoms with E-state index in [1.165, 1.54) is 0 Å². The van der Waals surface area contributed by atoms with E-state index >= 15 is 0 Å². The number of carbonyl (C=O) groups is 3. The maximum absolute atomic E-state index is 14.5. The molecule has 4 fully saturated rings. The SMILES string of the molecule is CCN[C@@H]1C=C[C@H](CC)C[C@H]1[C@H](CCCO)OC(=O)[C@]12O[C@@]1(CC(CO)=C(C)CCC1CCNC(N)C1)C(=O)C1CCCCC1C2=O. The first-order chi connectivity index (χ1) is 22.6. The van der Waals surface area contributed by atoms with Gasteiger partial charge in [-0.1, -0.05) is 44.4 Å². The molecule has 0 aromatic heterocycles. The molecule has 0 radical (unpaired) electrons. The second-order valence-electron chi connectivity index (χ2n) is 14.9. The number of piperidine rings is 1. The fourth-order valence-corrected chi connectivity index (χ4v) is 9.13. The van der Waals surface area contributed by atoms with Gasteiger partial charge in [0, 0.05) is 36.8 Å². The molecule has 2 heterocycles. The Hall–Kier alpha value is -1.95. The molecule has 0 aromatic rings. The molecule has 6 N–H and O–H groups in total. The molecule has 10 heteroatoms. The lowest BCUT2D eigenvalue weighted by Crippen LogP contribution is -2.59. The molecule has 2 aliphatic heterocycles. The molecule has 5 aliphatic rings. The molecule has 5 rings (SSSR count). The molecule has 47 heavy (non-hydrogen) atoms. The molecule has 2 saturated heterocycles. The smallest absolute Gasteiger partial charge is 0.350 e. The number of ether oxygens (including phenoxy) is 2. The summed E-state index contributed by atoms with van der Waals surface area (Å²) >= 11 is 0. The van der Waals surface area contributed by atoms with Crippen LogP contribution in [0.2, 0.25) is 0 Å². The van der Waals surface area contributed by atoms with E-state index in [2.05, 4.69) is 29.7 Å². The number of hydrogen-bond acceptors (Lipinski definition) is 10. The molecule has 0 spiro atoms. The van der Waals surface area contributed by atoms with Crippen molar-refractivity contribution in [3.05, 3.63) is 23.3 Å².